The van der Waals surface area contributed by atoms with Crippen molar-refractivity contribution >= 4 is 38.9 Å². The van der Waals surface area contributed by atoms with E-state index in [1.165, 1.54) is 0 Å². The van der Waals surface area contributed by atoms with Crippen LogP contribution in [0.25, 0.3) is 0 Å². The maximum Gasteiger partial charge on any atom is 0.214 e. The van der Waals surface area contributed by atoms with E-state index in [0.29, 0.717) is 16.0 Å². The van der Waals surface area contributed by atoms with Gasteiger partial charge in [0.2, 0.25) is 10.0 Å². The summed E-state index contributed by atoms with van der Waals surface area (Å²) in [6.07, 6.45) is 3.77. The quantitative estimate of drug-likeness (QED) is 0.775. The van der Waals surface area contributed by atoms with Crippen molar-refractivity contribution in [3.8, 4) is 0 Å². The largest absolute Gasteiger partial charge is 0.384 e. The van der Waals surface area contributed by atoms with Gasteiger partial charge in [-0.2, -0.15) is 0 Å². The monoisotopic (exact) mass is 378 g/mol. The van der Waals surface area contributed by atoms with Gasteiger partial charge in [0.1, 0.15) is 0 Å². The average molecular weight is 379 g/mol. The van der Waals surface area contributed by atoms with E-state index >= 15 is 0 Å². The maximum atomic E-state index is 11.9. The van der Waals surface area contributed by atoms with E-state index in [1.807, 2.05) is 12.1 Å². The van der Waals surface area contributed by atoms with Crippen molar-refractivity contribution in [3.63, 3.8) is 0 Å². The van der Waals surface area contributed by atoms with Crippen molar-refractivity contribution in [3.05, 3.63) is 28.2 Å². The van der Waals surface area contributed by atoms with Crippen LogP contribution in [-0.4, -0.2) is 26.3 Å². The summed E-state index contributed by atoms with van der Waals surface area (Å²) in [5.41, 5.74) is 0.888. The second kappa shape index (κ2) is 8.06. The summed E-state index contributed by atoms with van der Waals surface area (Å²) in [6, 6.07) is 5.49. The number of sulfonamides is 1. The number of hydrogen-bond acceptors (Lipinski definition) is 3. The Balaban J connectivity index is 1.79. The van der Waals surface area contributed by atoms with Gasteiger partial charge in [0.15, 0.2) is 0 Å². The third kappa shape index (κ3) is 5.52. The summed E-state index contributed by atoms with van der Waals surface area (Å²) in [4.78, 5) is 0. The first-order valence-corrected chi connectivity index (χ1v) is 10.3. The summed E-state index contributed by atoms with van der Waals surface area (Å²) < 4.78 is 26.6. The lowest BCUT2D eigenvalue weighted by molar-refractivity contribution is 0.323. The van der Waals surface area contributed by atoms with Crippen LogP contribution in [-0.2, 0) is 10.0 Å². The Kier molecular flexibility index (Phi) is 6.60. The van der Waals surface area contributed by atoms with Gasteiger partial charge >= 0.3 is 0 Å². The van der Waals surface area contributed by atoms with Crippen LogP contribution in [0.4, 0.5) is 5.69 Å². The third-order valence-electron chi connectivity index (χ3n) is 4.31. The first-order valence-electron chi connectivity index (χ1n) is 7.98. The lowest BCUT2D eigenvalue weighted by Crippen LogP contribution is -2.41. The van der Waals surface area contributed by atoms with Crippen LogP contribution in [0, 0.1) is 5.92 Å². The molecule has 0 unspecified atom stereocenters. The van der Waals surface area contributed by atoms with Crippen LogP contribution in [0.5, 0.6) is 0 Å². The molecule has 0 bridgehead atoms. The number of hydrogen-bond donors (Lipinski definition) is 2. The molecule has 1 aromatic carbocycles. The van der Waals surface area contributed by atoms with Crippen molar-refractivity contribution in [2.45, 2.75) is 50.8 Å². The molecule has 0 aromatic heterocycles. The van der Waals surface area contributed by atoms with E-state index in [0.717, 1.165) is 37.9 Å². The van der Waals surface area contributed by atoms with Gasteiger partial charge < -0.3 is 5.32 Å². The van der Waals surface area contributed by atoms with Gasteiger partial charge in [0.25, 0.3) is 0 Å². The molecule has 1 aliphatic rings. The average Bonchev–Trinajstić information content (AvgIpc) is 2.47. The minimum atomic E-state index is -3.18. The molecule has 2 N–H and O–H groups in total. The summed E-state index contributed by atoms with van der Waals surface area (Å²) >= 11 is 12.0. The van der Waals surface area contributed by atoms with Crippen molar-refractivity contribution < 1.29 is 8.42 Å². The topological polar surface area (TPSA) is 58.2 Å². The Hall–Kier alpha value is -0.490. The summed E-state index contributed by atoms with van der Waals surface area (Å²) in [7, 11) is -3.18. The molecule has 0 atom stereocenters. The van der Waals surface area contributed by atoms with Crippen molar-refractivity contribution in [2.75, 3.05) is 11.9 Å². The summed E-state index contributed by atoms with van der Waals surface area (Å²) in [5, 5.41) is 4.23. The van der Waals surface area contributed by atoms with Crippen LogP contribution in [0.15, 0.2) is 18.2 Å². The molecular formula is C16H24Cl2N2O2S. The van der Waals surface area contributed by atoms with Crippen LogP contribution in [0.2, 0.25) is 10.0 Å². The zero-order valence-electron chi connectivity index (χ0n) is 13.5. The second-order valence-electron chi connectivity index (χ2n) is 6.43. The minimum Gasteiger partial charge on any atom is -0.384 e. The normalized spacial score (nSPS) is 22.3. The fraction of sp³-hybridized carbons (Fsp3) is 0.625. The Bertz CT molecular complexity index is 627. The highest BCUT2D eigenvalue weighted by Crippen LogP contribution is 2.28. The smallest absolute Gasteiger partial charge is 0.214 e. The Morgan fingerprint density at radius 3 is 2.39 bits per heavy atom. The highest BCUT2D eigenvalue weighted by atomic mass is 35.5. The standard InChI is InChI=1S/C16H24Cl2N2O2S/c1-11(2)23(21,22)20-14-6-3-12(4-7-14)10-19-16-8-5-13(17)9-15(16)18/h5,8-9,11-12,14,19-20H,3-4,6-7,10H2,1-2H3. The molecule has 0 heterocycles. The molecule has 1 aromatic rings. The molecule has 4 nitrogen and oxygen atoms in total. The van der Waals surface area contributed by atoms with Gasteiger partial charge in [-0.3, -0.25) is 0 Å². The van der Waals surface area contributed by atoms with E-state index in [9.17, 15) is 8.42 Å². The van der Waals surface area contributed by atoms with Crippen molar-refractivity contribution in [1.82, 2.24) is 4.72 Å². The van der Waals surface area contributed by atoms with Gasteiger partial charge in [-0.15, -0.1) is 0 Å². The first-order chi connectivity index (χ1) is 10.8. The van der Waals surface area contributed by atoms with Gasteiger partial charge in [-0.25, -0.2) is 13.1 Å². The van der Waals surface area contributed by atoms with Gasteiger partial charge in [0.05, 0.1) is 16.0 Å². The molecule has 7 heteroatoms. The van der Waals surface area contributed by atoms with E-state index in [4.69, 9.17) is 23.2 Å². The van der Waals surface area contributed by atoms with E-state index in [2.05, 4.69) is 10.0 Å². The van der Waals surface area contributed by atoms with E-state index < -0.39 is 10.0 Å². The number of nitrogens with one attached hydrogen (secondary N) is 2. The molecule has 0 radical (unpaired) electrons. The lowest BCUT2D eigenvalue weighted by atomic mass is 9.86. The Morgan fingerprint density at radius 1 is 1.17 bits per heavy atom. The van der Waals surface area contributed by atoms with Gasteiger partial charge in [0, 0.05) is 17.6 Å². The molecule has 0 saturated heterocycles. The van der Waals surface area contributed by atoms with Crippen LogP contribution < -0.4 is 10.0 Å². The van der Waals surface area contributed by atoms with Crippen molar-refractivity contribution in [2.24, 2.45) is 5.92 Å². The number of benzene rings is 1. The lowest BCUT2D eigenvalue weighted by Gasteiger charge is -2.29. The van der Waals surface area contributed by atoms with E-state index in [-0.39, 0.29) is 11.3 Å². The molecule has 0 aliphatic heterocycles. The second-order valence-corrected chi connectivity index (χ2v) is 9.55. The van der Waals surface area contributed by atoms with Gasteiger partial charge in [-0.05, 0) is 63.6 Å². The predicted molar refractivity (Wildman–Crippen MR) is 97.9 cm³/mol. The summed E-state index contributed by atoms with van der Waals surface area (Å²) in [6.45, 7) is 4.24. The minimum absolute atomic E-state index is 0.0674. The fourth-order valence-corrected chi connectivity index (χ4v) is 4.19. The zero-order chi connectivity index (χ0) is 17.0. The number of halogens is 2. The molecule has 1 fully saturated rings. The number of rotatable bonds is 6. The van der Waals surface area contributed by atoms with Crippen LogP contribution >= 0.6 is 23.2 Å². The first kappa shape index (κ1) is 18.8. The highest BCUT2D eigenvalue weighted by Gasteiger charge is 2.26. The Morgan fingerprint density at radius 2 is 1.83 bits per heavy atom. The molecule has 1 saturated carbocycles. The molecule has 0 amide bonds. The molecule has 130 valence electrons. The van der Waals surface area contributed by atoms with Crippen molar-refractivity contribution in [1.29, 1.82) is 0 Å². The predicted octanol–water partition coefficient (Wildman–Crippen LogP) is 4.29. The third-order valence-corrected chi connectivity index (χ3v) is 6.76. The highest BCUT2D eigenvalue weighted by molar-refractivity contribution is 7.90. The SMILES string of the molecule is CC(C)S(=O)(=O)NC1CCC(CNc2ccc(Cl)cc2Cl)CC1. The molecule has 0 spiro atoms. The zero-order valence-corrected chi connectivity index (χ0v) is 15.8. The molecular weight excluding hydrogens is 355 g/mol. The van der Waals surface area contributed by atoms with Gasteiger partial charge in [-0.1, -0.05) is 23.2 Å². The Labute approximate surface area is 149 Å². The molecule has 23 heavy (non-hydrogen) atoms. The van der Waals surface area contributed by atoms with E-state index in [1.54, 1.807) is 19.9 Å². The van der Waals surface area contributed by atoms with Crippen LogP contribution in [0.1, 0.15) is 39.5 Å². The maximum absolute atomic E-state index is 11.9. The summed E-state index contributed by atoms with van der Waals surface area (Å²) in [5.74, 6) is 0.529. The van der Waals surface area contributed by atoms with Crippen LogP contribution in [0.3, 0.4) is 0 Å². The number of anilines is 1. The fourth-order valence-electron chi connectivity index (χ4n) is 2.74. The molecule has 1 aliphatic carbocycles. The molecule has 2 rings (SSSR count).